The molecule has 0 amide bonds. The van der Waals surface area contributed by atoms with Crippen LogP contribution in [0.25, 0.3) is 6.08 Å². The number of allylic oxidation sites excluding steroid dienone is 1. The van der Waals surface area contributed by atoms with E-state index in [-0.39, 0.29) is 11.7 Å². The van der Waals surface area contributed by atoms with Gasteiger partial charge in [-0.25, -0.2) is 9.79 Å². The molecule has 1 unspecified atom stereocenters. The van der Waals surface area contributed by atoms with Crippen molar-refractivity contribution in [1.29, 1.82) is 0 Å². The van der Waals surface area contributed by atoms with Gasteiger partial charge < -0.3 is 18.9 Å². The van der Waals surface area contributed by atoms with Gasteiger partial charge in [-0.05, 0) is 50.6 Å². The maximum Gasteiger partial charge on any atom is 0.338 e. The first-order valence-electron chi connectivity index (χ1n) is 11.4. The number of para-hydroxylation sites is 1. The lowest BCUT2D eigenvalue weighted by atomic mass is 9.96. The Morgan fingerprint density at radius 1 is 1.06 bits per heavy atom. The van der Waals surface area contributed by atoms with E-state index in [0.29, 0.717) is 43.4 Å². The minimum Gasteiger partial charge on any atom is -0.497 e. The van der Waals surface area contributed by atoms with Crippen LogP contribution in [0.4, 0.5) is 0 Å². The van der Waals surface area contributed by atoms with Gasteiger partial charge in [-0.2, -0.15) is 0 Å². The third-order valence-corrected chi connectivity index (χ3v) is 6.72. The van der Waals surface area contributed by atoms with Crippen LogP contribution in [0.5, 0.6) is 17.2 Å². The summed E-state index contributed by atoms with van der Waals surface area (Å²) in [5, 5.41) is 0. The lowest BCUT2D eigenvalue weighted by Gasteiger charge is -2.25. The first kappa shape index (κ1) is 25.2. The number of ether oxygens (including phenoxy) is 4. The Hall–Kier alpha value is -3.85. The molecule has 3 aromatic rings. The van der Waals surface area contributed by atoms with E-state index >= 15 is 0 Å². The molecule has 0 aliphatic carbocycles. The topological polar surface area (TPSA) is 88.4 Å². The van der Waals surface area contributed by atoms with Crippen LogP contribution in [0.3, 0.4) is 0 Å². The van der Waals surface area contributed by atoms with Crippen molar-refractivity contribution in [2.45, 2.75) is 32.9 Å². The molecule has 2 aromatic carbocycles. The molecule has 0 radical (unpaired) electrons. The number of hydrogen-bond donors (Lipinski definition) is 0. The normalized spacial score (nSPS) is 15.4. The average Bonchev–Trinajstić information content (AvgIpc) is 3.16. The fourth-order valence-corrected chi connectivity index (χ4v) is 5.17. The zero-order valence-corrected chi connectivity index (χ0v) is 21.8. The third-order valence-electron chi connectivity index (χ3n) is 5.74. The molecule has 0 N–H and O–H groups in total. The van der Waals surface area contributed by atoms with Crippen LogP contribution in [-0.4, -0.2) is 38.0 Å². The van der Waals surface area contributed by atoms with Gasteiger partial charge in [0.1, 0.15) is 5.75 Å². The number of fused-ring (bicyclic) bond motifs is 1. The van der Waals surface area contributed by atoms with E-state index in [0.717, 1.165) is 5.56 Å². The second-order valence-electron chi connectivity index (χ2n) is 8.39. The molecule has 9 heteroatoms. The molecular formula is C27H28N2O6S. The minimum atomic E-state index is -0.701. The van der Waals surface area contributed by atoms with Crippen LogP contribution in [-0.2, 0) is 9.53 Å². The van der Waals surface area contributed by atoms with Crippen LogP contribution < -0.4 is 29.1 Å². The SMILES string of the molecule is COc1ccc(C2C(C(=O)OC(C)C)=C(C)N=c3sc(=Cc4cccc(OC)c4OC)c(=O)n32)cc1. The molecule has 0 bridgehead atoms. The maximum atomic E-state index is 13.8. The van der Waals surface area contributed by atoms with E-state index in [9.17, 15) is 9.59 Å². The molecule has 1 aliphatic rings. The summed E-state index contributed by atoms with van der Waals surface area (Å²) in [6, 6.07) is 12.0. The number of aromatic nitrogens is 1. The third kappa shape index (κ3) is 4.66. The molecule has 0 spiro atoms. The van der Waals surface area contributed by atoms with Gasteiger partial charge in [0.25, 0.3) is 5.56 Å². The highest BCUT2D eigenvalue weighted by molar-refractivity contribution is 7.07. The summed E-state index contributed by atoms with van der Waals surface area (Å²) in [4.78, 5) is 32.1. The number of methoxy groups -OCH3 is 3. The van der Waals surface area contributed by atoms with Crippen molar-refractivity contribution in [2.24, 2.45) is 4.99 Å². The van der Waals surface area contributed by atoms with Gasteiger partial charge in [0.05, 0.1) is 49.3 Å². The first-order valence-corrected chi connectivity index (χ1v) is 12.2. The smallest absolute Gasteiger partial charge is 0.338 e. The Kier molecular flexibility index (Phi) is 7.30. The molecule has 0 saturated heterocycles. The van der Waals surface area contributed by atoms with Gasteiger partial charge in [-0.1, -0.05) is 35.6 Å². The number of nitrogens with zero attached hydrogens (tertiary/aromatic N) is 2. The van der Waals surface area contributed by atoms with E-state index in [4.69, 9.17) is 18.9 Å². The second kappa shape index (κ2) is 10.4. The van der Waals surface area contributed by atoms with Crippen LogP contribution >= 0.6 is 11.3 Å². The lowest BCUT2D eigenvalue weighted by molar-refractivity contribution is -0.143. The summed E-state index contributed by atoms with van der Waals surface area (Å²) >= 11 is 1.25. The van der Waals surface area contributed by atoms with E-state index in [1.807, 2.05) is 24.3 Å². The molecule has 188 valence electrons. The van der Waals surface area contributed by atoms with Gasteiger partial charge in [0.2, 0.25) is 0 Å². The van der Waals surface area contributed by atoms with Gasteiger partial charge in [0, 0.05) is 5.56 Å². The molecule has 0 saturated carbocycles. The van der Waals surface area contributed by atoms with Crippen LogP contribution in [0.2, 0.25) is 0 Å². The Morgan fingerprint density at radius 2 is 1.78 bits per heavy atom. The summed E-state index contributed by atoms with van der Waals surface area (Å²) < 4.78 is 23.8. The predicted octanol–water partition coefficient (Wildman–Crippen LogP) is 3.21. The number of thiazole rings is 1. The monoisotopic (exact) mass is 508 g/mol. The maximum absolute atomic E-state index is 13.8. The molecule has 1 aliphatic heterocycles. The molecule has 0 fully saturated rings. The Bertz CT molecular complexity index is 1500. The summed E-state index contributed by atoms with van der Waals surface area (Å²) in [7, 11) is 4.70. The Balaban J connectivity index is 1.95. The van der Waals surface area contributed by atoms with Crippen molar-refractivity contribution < 1.29 is 23.7 Å². The number of rotatable bonds is 7. The molecule has 2 heterocycles. The average molecular weight is 509 g/mol. The molecule has 36 heavy (non-hydrogen) atoms. The molecule has 1 atom stereocenters. The van der Waals surface area contributed by atoms with Crippen molar-refractivity contribution in [2.75, 3.05) is 21.3 Å². The van der Waals surface area contributed by atoms with Gasteiger partial charge >= 0.3 is 5.97 Å². The van der Waals surface area contributed by atoms with Crippen LogP contribution in [0.1, 0.15) is 37.9 Å². The van der Waals surface area contributed by atoms with Crippen molar-refractivity contribution >= 4 is 23.4 Å². The van der Waals surface area contributed by atoms with E-state index < -0.39 is 12.0 Å². The van der Waals surface area contributed by atoms with Gasteiger partial charge in [-0.3, -0.25) is 9.36 Å². The van der Waals surface area contributed by atoms with Crippen molar-refractivity contribution in [1.82, 2.24) is 4.57 Å². The van der Waals surface area contributed by atoms with Gasteiger partial charge in [0.15, 0.2) is 16.3 Å². The standard InChI is InChI=1S/C27H28N2O6S/c1-15(2)35-26(31)22-16(3)28-27-29(23(22)17-10-12-19(32-4)13-11-17)25(30)21(36-27)14-18-8-7-9-20(33-5)24(18)34-6/h7-15,23H,1-6H3. The highest BCUT2D eigenvalue weighted by Gasteiger charge is 2.33. The van der Waals surface area contributed by atoms with Crippen LogP contribution in [0, 0.1) is 0 Å². The highest BCUT2D eigenvalue weighted by Crippen LogP contribution is 2.33. The second-order valence-corrected chi connectivity index (χ2v) is 9.40. The molecule has 4 rings (SSSR count). The summed E-state index contributed by atoms with van der Waals surface area (Å²) in [6.45, 7) is 5.33. The number of benzene rings is 2. The van der Waals surface area contributed by atoms with E-state index in [2.05, 4.69) is 4.99 Å². The number of carbonyl (C=O) groups is 1. The van der Waals surface area contributed by atoms with Crippen molar-refractivity contribution in [3.63, 3.8) is 0 Å². The van der Waals surface area contributed by atoms with E-state index in [1.165, 1.54) is 11.3 Å². The zero-order chi connectivity index (χ0) is 26.0. The largest absolute Gasteiger partial charge is 0.497 e. The fourth-order valence-electron chi connectivity index (χ4n) is 4.13. The fraction of sp³-hybridized carbons (Fsp3) is 0.296. The quantitative estimate of drug-likeness (QED) is 0.456. The molecule has 8 nitrogen and oxygen atoms in total. The first-order chi connectivity index (χ1) is 17.3. The number of esters is 1. The minimum absolute atomic E-state index is 0.271. The van der Waals surface area contributed by atoms with Crippen molar-refractivity contribution in [3.8, 4) is 17.2 Å². The Labute approximate surface area is 212 Å². The Morgan fingerprint density at radius 3 is 2.39 bits per heavy atom. The molecule has 1 aromatic heterocycles. The van der Waals surface area contributed by atoms with Gasteiger partial charge in [-0.15, -0.1) is 0 Å². The zero-order valence-electron chi connectivity index (χ0n) is 21.0. The summed E-state index contributed by atoms with van der Waals surface area (Å²) in [5.41, 5.74) is 2.00. The number of carbonyl (C=O) groups excluding carboxylic acids is 1. The number of hydrogen-bond acceptors (Lipinski definition) is 8. The van der Waals surface area contributed by atoms with Crippen molar-refractivity contribution in [3.05, 3.63) is 84.5 Å². The summed E-state index contributed by atoms with van der Waals surface area (Å²) in [6.07, 6.45) is 1.43. The predicted molar refractivity (Wildman–Crippen MR) is 138 cm³/mol. The van der Waals surface area contributed by atoms with Crippen LogP contribution in [0.15, 0.2) is 63.5 Å². The molecular weight excluding hydrogens is 480 g/mol. The lowest BCUT2D eigenvalue weighted by Crippen LogP contribution is -2.40. The highest BCUT2D eigenvalue weighted by atomic mass is 32.1. The summed E-state index contributed by atoms with van der Waals surface area (Å²) in [5.74, 6) is 1.25. The van der Waals surface area contributed by atoms with E-state index in [1.54, 1.807) is 70.9 Å².